The number of amides is 1. The number of nitrogens with zero attached hydrogens (tertiary/aromatic N) is 2. The van der Waals surface area contributed by atoms with Crippen LogP contribution < -0.4 is 10.1 Å². The third-order valence-electron chi connectivity index (χ3n) is 5.25. The highest BCUT2D eigenvalue weighted by Crippen LogP contribution is 2.32. The molecular weight excluding hydrogens is 419 g/mol. The summed E-state index contributed by atoms with van der Waals surface area (Å²) in [5, 5.41) is 12.2. The molecule has 0 saturated heterocycles. The third-order valence-corrected chi connectivity index (χ3v) is 5.25. The van der Waals surface area contributed by atoms with E-state index in [1.807, 2.05) is 30.3 Å². The van der Waals surface area contributed by atoms with Crippen molar-refractivity contribution in [3.8, 4) is 23.1 Å². The number of hydrogen-bond acceptors (Lipinski definition) is 4. The van der Waals surface area contributed by atoms with Crippen LogP contribution in [0.3, 0.4) is 0 Å². The molecule has 4 aromatic rings. The fraction of sp³-hybridized carbons (Fsp3) is 0.192. The number of benzene rings is 2. The molecule has 0 aliphatic rings. The minimum atomic E-state index is -0.321. The number of halogens is 1. The van der Waals surface area contributed by atoms with Crippen LogP contribution in [0.25, 0.3) is 22.2 Å². The summed E-state index contributed by atoms with van der Waals surface area (Å²) in [6.07, 6.45) is 3.18. The maximum absolute atomic E-state index is 14.0. The molecule has 2 aromatic heterocycles. The molecular formula is C26H23FN4O2. The first-order valence-electron chi connectivity index (χ1n) is 10.8. The van der Waals surface area contributed by atoms with Crippen LogP contribution in [0.4, 0.5) is 10.2 Å². The van der Waals surface area contributed by atoms with E-state index in [4.69, 9.17) is 10.00 Å². The first-order valence-corrected chi connectivity index (χ1v) is 10.8. The number of fused-ring (bicyclic) bond motifs is 1. The molecule has 0 fully saturated rings. The van der Waals surface area contributed by atoms with Crippen LogP contribution >= 0.6 is 0 Å². The van der Waals surface area contributed by atoms with Gasteiger partial charge in [0.2, 0.25) is 5.91 Å². The molecule has 0 bridgehead atoms. The number of unbranched alkanes of at least 4 members (excludes halogenated alkanes) is 1. The number of aryl methyl sites for hydroxylation is 1. The Morgan fingerprint density at radius 3 is 2.82 bits per heavy atom. The van der Waals surface area contributed by atoms with Gasteiger partial charge in [-0.3, -0.25) is 4.79 Å². The van der Waals surface area contributed by atoms with Crippen molar-refractivity contribution in [1.82, 2.24) is 9.97 Å². The number of pyridine rings is 1. The number of anilines is 1. The maximum Gasteiger partial charge on any atom is 0.225 e. The second kappa shape index (κ2) is 10.4. The van der Waals surface area contributed by atoms with Gasteiger partial charge in [0.25, 0.3) is 0 Å². The molecule has 4 rings (SSSR count). The highest BCUT2D eigenvalue weighted by molar-refractivity contribution is 5.94. The molecule has 2 N–H and O–H groups in total. The molecule has 2 aromatic carbocycles. The van der Waals surface area contributed by atoms with Gasteiger partial charge in [-0.05, 0) is 54.3 Å². The Morgan fingerprint density at radius 2 is 2.00 bits per heavy atom. The molecule has 1 amide bonds. The molecule has 0 aliphatic carbocycles. The third kappa shape index (κ3) is 5.36. The molecule has 2 heterocycles. The molecule has 0 radical (unpaired) electrons. The molecule has 0 atom stereocenters. The predicted octanol–water partition coefficient (Wildman–Crippen LogP) is 5.62. The lowest BCUT2D eigenvalue weighted by atomic mass is 10.0. The number of hydrogen-bond donors (Lipinski definition) is 2. The van der Waals surface area contributed by atoms with Crippen molar-refractivity contribution in [2.45, 2.75) is 25.7 Å². The van der Waals surface area contributed by atoms with Crippen molar-refractivity contribution in [2.24, 2.45) is 0 Å². The number of H-pyrrole nitrogens is 1. The van der Waals surface area contributed by atoms with Gasteiger partial charge in [0, 0.05) is 35.6 Å². The SMILES string of the molecule is N#CCCCOc1cccnc1NC(=O)CCc1c(-c2ccccc2)[nH]c2ccc(F)cc12. The largest absolute Gasteiger partial charge is 0.490 e. The molecule has 33 heavy (non-hydrogen) atoms. The van der Waals surface area contributed by atoms with E-state index in [2.05, 4.69) is 21.4 Å². The van der Waals surface area contributed by atoms with Crippen LogP contribution in [0, 0.1) is 17.1 Å². The number of aromatic amines is 1. The minimum absolute atomic E-state index is 0.188. The Labute approximate surface area is 191 Å². The van der Waals surface area contributed by atoms with E-state index in [9.17, 15) is 9.18 Å². The first kappa shape index (κ1) is 22.0. The lowest BCUT2D eigenvalue weighted by Crippen LogP contribution is -2.14. The molecule has 7 heteroatoms. The van der Waals surface area contributed by atoms with Gasteiger partial charge in [0.1, 0.15) is 5.82 Å². The van der Waals surface area contributed by atoms with E-state index in [0.717, 1.165) is 27.7 Å². The van der Waals surface area contributed by atoms with Crippen LogP contribution in [0.2, 0.25) is 0 Å². The monoisotopic (exact) mass is 442 g/mol. The molecule has 0 unspecified atom stereocenters. The van der Waals surface area contributed by atoms with Crippen LogP contribution in [0.1, 0.15) is 24.8 Å². The van der Waals surface area contributed by atoms with Crippen LogP contribution in [-0.4, -0.2) is 22.5 Å². The van der Waals surface area contributed by atoms with E-state index in [-0.39, 0.29) is 18.1 Å². The Balaban J connectivity index is 1.51. The summed E-state index contributed by atoms with van der Waals surface area (Å²) < 4.78 is 19.6. The Hall–Kier alpha value is -4.18. The quantitative estimate of drug-likeness (QED) is 0.329. The number of aromatic nitrogens is 2. The number of carbonyl (C=O) groups is 1. The highest BCUT2D eigenvalue weighted by Gasteiger charge is 2.16. The van der Waals surface area contributed by atoms with Crippen molar-refractivity contribution in [3.05, 3.63) is 78.2 Å². The summed E-state index contributed by atoms with van der Waals surface area (Å²) in [6.45, 7) is 0.365. The second-order valence-corrected chi connectivity index (χ2v) is 7.54. The molecule has 0 saturated carbocycles. The van der Waals surface area contributed by atoms with Crippen molar-refractivity contribution >= 4 is 22.6 Å². The zero-order chi connectivity index (χ0) is 23.0. The highest BCUT2D eigenvalue weighted by atomic mass is 19.1. The fourth-order valence-corrected chi connectivity index (χ4v) is 3.70. The van der Waals surface area contributed by atoms with Gasteiger partial charge in [-0.1, -0.05) is 30.3 Å². The van der Waals surface area contributed by atoms with Gasteiger partial charge in [-0.2, -0.15) is 5.26 Å². The van der Waals surface area contributed by atoms with Crippen molar-refractivity contribution < 1.29 is 13.9 Å². The first-order chi connectivity index (χ1) is 16.2. The lowest BCUT2D eigenvalue weighted by molar-refractivity contribution is -0.116. The number of nitrogens with one attached hydrogen (secondary N) is 2. The zero-order valence-corrected chi connectivity index (χ0v) is 18.0. The fourth-order valence-electron chi connectivity index (χ4n) is 3.70. The van der Waals surface area contributed by atoms with Gasteiger partial charge < -0.3 is 15.0 Å². The van der Waals surface area contributed by atoms with Gasteiger partial charge in [0.05, 0.1) is 12.7 Å². The minimum Gasteiger partial charge on any atom is -0.490 e. The Kier molecular flexibility index (Phi) is 6.96. The summed E-state index contributed by atoms with van der Waals surface area (Å²) in [7, 11) is 0. The topological polar surface area (TPSA) is 90.8 Å². The van der Waals surface area contributed by atoms with E-state index in [0.29, 0.717) is 37.4 Å². The number of rotatable bonds is 9. The molecule has 6 nitrogen and oxygen atoms in total. The van der Waals surface area contributed by atoms with E-state index in [1.165, 1.54) is 12.1 Å². The average molecular weight is 442 g/mol. The van der Waals surface area contributed by atoms with Gasteiger partial charge in [-0.15, -0.1) is 0 Å². The molecule has 0 aliphatic heterocycles. The zero-order valence-electron chi connectivity index (χ0n) is 18.0. The number of ether oxygens (including phenoxy) is 1. The summed E-state index contributed by atoms with van der Waals surface area (Å²) in [4.78, 5) is 20.3. The summed E-state index contributed by atoms with van der Waals surface area (Å²) in [5.74, 6) is 0.259. The van der Waals surface area contributed by atoms with Crippen LogP contribution in [-0.2, 0) is 11.2 Å². The van der Waals surface area contributed by atoms with Crippen molar-refractivity contribution in [1.29, 1.82) is 5.26 Å². The molecule has 166 valence electrons. The van der Waals surface area contributed by atoms with Crippen molar-refractivity contribution in [2.75, 3.05) is 11.9 Å². The summed E-state index contributed by atoms with van der Waals surface area (Å²) in [6, 6.07) is 19.9. The van der Waals surface area contributed by atoms with E-state index < -0.39 is 0 Å². The number of carbonyl (C=O) groups excluding carboxylic acids is 1. The van der Waals surface area contributed by atoms with Crippen LogP contribution in [0.5, 0.6) is 5.75 Å². The normalized spacial score (nSPS) is 10.7. The van der Waals surface area contributed by atoms with Crippen molar-refractivity contribution in [3.63, 3.8) is 0 Å². The van der Waals surface area contributed by atoms with Gasteiger partial charge in [0.15, 0.2) is 11.6 Å². The molecule has 0 spiro atoms. The Bertz CT molecular complexity index is 1290. The summed E-state index contributed by atoms with van der Waals surface area (Å²) >= 11 is 0. The predicted molar refractivity (Wildman–Crippen MR) is 125 cm³/mol. The maximum atomic E-state index is 14.0. The van der Waals surface area contributed by atoms with Gasteiger partial charge >= 0.3 is 0 Å². The van der Waals surface area contributed by atoms with E-state index >= 15 is 0 Å². The standard InChI is InChI=1S/C26H23FN4O2/c27-19-10-12-22-21(17-19)20(25(30-22)18-7-2-1-3-8-18)11-13-24(32)31-26-23(9-6-15-29-26)33-16-5-4-14-28/h1-3,6-10,12,15,17,30H,4-5,11,13,16H2,(H,29,31,32). The second-order valence-electron chi connectivity index (χ2n) is 7.54. The Morgan fingerprint density at radius 1 is 1.15 bits per heavy atom. The van der Waals surface area contributed by atoms with Gasteiger partial charge in [-0.25, -0.2) is 9.37 Å². The average Bonchev–Trinajstić information content (AvgIpc) is 3.19. The smallest absolute Gasteiger partial charge is 0.225 e. The number of nitriles is 1. The summed E-state index contributed by atoms with van der Waals surface area (Å²) in [5.41, 5.74) is 3.56. The van der Waals surface area contributed by atoms with Crippen LogP contribution in [0.15, 0.2) is 66.9 Å². The van der Waals surface area contributed by atoms with E-state index in [1.54, 1.807) is 24.4 Å². The lowest BCUT2D eigenvalue weighted by Gasteiger charge is -2.11.